The number of carbonyl (C=O) groups is 1. The highest BCUT2D eigenvalue weighted by molar-refractivity contribution is 6.01. The molecule has 0 unspecified atom stereocenters. The molecule has 1 aliphatic rings. The normalized spacial score (nSPS) is 15.5. The number of piperidine rings is 1. The van der Waals surface area contributed by atoms with E-state index in [1.54, 1.807) is 4.90 Å². The second kappa shape index (κ2) is 7.70. The molecule has 0 spiro atoms. The molecule has 27 heavy (non-hydrogen) atoms. The maximum Gasteiger partial charge on any atom is 0.416 e. The summed E-state index contributed by atoms with van der Waals surface area (Å²) in [6.45, 7) is 1.23. The van der Waals surface area contributed by atoms with Crippen molar-refractivity contribution in [3.8, 4) is 17.4 Å². The van der Waals surface area contributed by atoms with Crippen LogP contribution in [0.25, 0.3) is 17.4 Å². The Morgan fingerprint density at radius 3 is 2.56 bits per heavy atom. The number of benzene rings is 1. The third-order valence-corrected chi connectivity index (χ3v) is 4.38. The van der Waals surface area contributed by atoms with Crippen LogP contribution in [-0.2, 0) is 11.0 Å². The molecule has 1 fully saturated rings. The van der Waals surface area contributed by atoms with Gasteiger partial charge in [-0.3, -0.25) is 4.79 Å². The van der Waals surface area contributed by atoms with Crippen molar-refractivity contribution in [1.29, 1.82) is 5.26 Å². The molecule has 2 heterocycles. The SMILES string of the molecule is N#C/C(=C/c1ccc(-c2cccc(C(F)(F)F)c2)o1)C(=O)N1CCCCC1. The summed E-state index contributed by atoms with van der Waals surface area (Å²) in [6, 6.07) is 9.72. The molecule has 0 radical (unpaired) electrons. The first-order chi connectivity index (χ1) is 12.9. The van der Waals surface area contributed by atoms with Gasteiger partial charge in [0.2, 0.25) is 0 Å². The van der Waals surface area contributed by atoms with Gasteiger partial charge in [-0.2, -0.15) is 18.4 Å². The predicted octanol–water partition coefficient (Wildman–Crippen LogP) is 4.88. The number of nitriles is 1. The summed E-state index contributed by atoms with van der Waals surface area (Å²) in [5.74, 6) is 0.119. The number of amides is 1. The van der Waals surface area contributed by atoms with Crippen LogP contribution in [0.5, 0.6) is 0 Å². The lowest BCUT2D eigenvalue weighted by Crippen LogP contribution is -2.36. The average Bonchev–Trinajstić information content (AvgIpc) is 3.14. The largest absolute Gasteiger partial charge is 0.457 e. The lowest BCUT2D eigenvalue weighted by atomic mass is 10.1. The van der Waals surface area contributed by atoms with E-state index in [2.05, 4.69) is 0 Å². The van der Waals surface area contributed by atoms with Crippen molar-refractivity contribution in [1.82, 2.24) is 4.90 Å². The van der Waals surface area contributed by atoms with E-state index in [0.29, 0.717) is 13.1 Å². The number of halogens is 3. The zero-order chi connectivity index (χ0) is 19.4. The lowest BCUT2D eigenvalue weighted by molar-refractivity contribution is -0.137. The quantitative estimate of drug-likeness (QED) is 0.568. The first kappa shape index (κ1) is 18.8. The Labute approximate surface area is 154 Å². The van der Waals surface area contributed by atoms with Crippen molar-refractivity contribution in [3.63, 3.8) is 0 Å². The van der Waals surface area contributed by atoms with Gasteiger partial charge in [-0.15, -0.1) is 0 Å². The Morgan fingerprint density at radius 1 is 1.15 bits per heavy atom. The van der Waals surface area contributed by atoms with Crippen LogP contribution < -0.4 is 0 Å². The van der Waals surface area contributed by atoms with Gasteiger partial charge in [-0.05, 0) is 43.5 Å². The minimum absolute atomic E-state index is 0.0538. The second-order valence-corrected chi connectivity index (χ2v) is 6.30. The topological polar surface area (TPSA) is 57.2 Å². The Morgan fingerprint density at radius 2 is 1.89 bits per heavy atom. The van der Waals surface area contributed by atoms with E-state index < -0.39 is 11.7 Å². The van der Waals surface area contributed by atoms with Crippen LogP contribution in [0.15, 0.2) is 46.4 Å². The maximum absolute atomic E-state index is 12.9. The van der Waals surface area contributed by atoms with E-state index in [1.807, 2.05) is 6.07 Å². The minimum atomic E-state index is -4.44. The second-order valence-electron chi connectivity index (χ2n) is 6.30. The van der Waals surface area contributed by atoms with Crippen LogP contribution in [0.3, 0.4) is 0 Å². The fourth-order valence-corrected chi connectivity index (χ4v) is 2.99. The summed E-state index contributed by atoms with van der Waals surface area (Å²) in [5.41, 5.74) is -0.557. The number of nitrogens with zero attached hydrogens (tertiary/aromatic N) is 2. The molecule has 1 aromatic carbocycles. The number of hydrogen-bond donors (Lipinski definition) is 0. The minimum Gasteiger partial charge on any atom is -0.457 e. The summed E-state index contributed by atoms with van der Waals surface area (Å²) >= 11 is 0. The van der Waals surface area contributed by atoms with Gasteiger partial charge in [0.15, 0.2) is 0 Å². The number of rotatable bonds is 3. The van der Waals surface area contributed by atoms with Gasteiger partial charge in [-0.1, -0.05) is 12.1 Å². The molecule has 0 N–H and O–H groups in total. The Bertz CT molecular complexity index is 900. The zero-order valence-corrected chi connectivity index (χ0v) is 14.4. The molecule has 1 saturated heterocycles. The molecule has 3 rings (SSSR count). The van der Waals surface area contributed by atoms with Crippen LogP contribution in [0, 0.1) is 11.3 Å². The summed E-state index contributed by atoms with van der Waals surface area (Å²) < 4.78 is 44.1. The number of hydrogen-bond acceptors (Lipinski definition) is 3. The molecule has 0 atom stereocenters. The molecule has 0 bridgehead atoms. The molecular weight excluding hydrogens is 357 g/mol. The molecule has 1 amide bonds. The number of likely N-dealkylation sites (tertiary alicyclic amines) is 1. The molecule has 140 valence electrons. The van der Waals surface area contributed by atoms with E-state index in [4.69, 9.17) is 4.42 Å². The molecule has 0 aliphatic carbocycles. The van der Waals surface area contributed by atoms with Crippen LogP contribution in [0.4, 0.5) is 13.2 Å². The fraction of sp³-hybridized carbons (Fsp3) is 0.300. The van der Waals surface area contributed by atoms with Crippen molar-refractivity contribution < 1.29 is 22.4 Å². The molecule has 1 aromatic heterocycles. The Hall–Kier alpha value is -3.01. The van der Waals surface area contributed by atoms with Gasteiger partial charge >= 0.3 is 6.18 Å². The van der Waals surface area contributed by atoms with E-state index >= 15 is 0 Å². The molecular formula is C20H17F3N2O2. The molecule has 1 aliphatic heterocycles. The summed E-state index contributed by atoms with van der Waals surface area (Å²) in [5, 5.41) is 9.31. The summed E-state index contributed by atoms with van der Waals surface area (Å²) in [7, 11) is 0. The maximum atomic E-state index is 12.9. The van der Waals surface area contributed by atoms with Crippen LogP contribution in [0.1, 0.15) is 30.6 Å². The standard InChI is InChI=1S/C20H17F3N2O2/c21-20(22,23)16-6-4-5-14(11-16)18-8-7-17(27-18)12-15(13-24)19(26)25-9-2-1-3-10-25/h4-8,11-12H,1-3,9-10H2/b15-12-. The van der Waals surface area contributed by atoms with Gasteiger partial charge < -0.3 is 9.32 Å². The monoisotopic (exact) mass is 374 g/mol. The van der Waals surface area contributed by atoms with Gasteiger partial charge in [-0.25, -0.2) is 0 Å². The van der Waals surface area contributed by atoms with E-state index in [1.165, 1.54) is 30.3 Å². The van der Waals surface area contributed by atoms with Crippen LogP contribution >= 0.6 is 0 Å². The Kier molecular flexibility index (Phi) is 5.36. The predicted molar refractivity (Wildman–Crippen MR) is 93.2 cm³/mol. The van der Waals surface area contributed by atoms with Crippen molar-refractivity contribution in [3.05, 3.63) is 53.3 Å². The Balaban J connectivity index is 1.83. The van der Waals surface area contributed by atoms with Gasteiger partial charge in [0.1, 0.15) is 23.2 Å². The first-order valence-electron chi connectivity index (χ1n) is 8.57. The molecule has 7 heteroatoms. The molecule has 4 nitrogen and oxygen atoms in total. The fourth-order valence-electron chi connectivity index (χ4n) is 2.99. The summed E-state index contributed by atoms with van der Waals surface area (Å²) in [4.78, 5) is 14.1. The highest BCUT2D eigenvalue weighted by Gasteiger charge is 2.30. The third kappa shape index (κ3) is 4.40. The number of carbonyl (C=O) groups excluding carboxylic acids is 1. The van der Waals surface area contributed by atoms with Crippen molar-refractivity contribution in [2.75, 3.05) is 13.1 Å². The van der Waals surface area contributed by atoms with Crippen LogP contribution in [-0.4, -0.2) is 23.9 Å². The lowest BCUT2D eigenvalue weighted by Gasteiger charge is -2.26. The molecule has 0 saturated carbocycles. The number of alkyl halides is 3. The van der Waals surface area contributed by atoms with Crippen molar-refractivity contribution in [2.45, 2.75) is 25.4 Å². The zero-order valence-electron chi connectivity index (χ0n) is 14.4. The smallest absolute Gasteiger partial charge is 0.416 e. The highest BCUT2D eigenvalue weighted by atomic mass is 19.4. The third-order valence-electron chi connectivity index (χ3n) is 4.38. The van der Waals surface area contributed by atoms with Gasteiger partial charge in [0, 0.05) is 24.7 Å². The van der Waals surface area contributed by atoms with E-state index in [0.717, 1.165) is 31.4 Å². The van der Waals surface area contributed by atoms with E-state index in [9.17, 15) is 23.2 Å². The first-order valence-corrected chi connectivity index (χ1v) is 8.57. The molecule has 2 aromatic rings. The van der Waals surface area contributed by atoms with Crippen LogP contribution in [0.2, 0.25) is 0 Å². The highest BCUT2D eigenvalue weighted by Crippen LogP contribution is 2.33. The van der Waals surface area contributed by atoms with E-state index in [-0.39, 0.29) is 28.6 Å². The average molecular weight is 374 g/mol. The van der Waals surface area contributed by atoms with Crippen molar-refractivity contribution in [2.24, 2.45) is 0 Å². The summed E-state index contributed by atoms with van der Waals surface area (Å²) in [6.07, 6.45) is -0.238. The van der Waals surface area contributed by atoms with Gasteiger partial charge in [0.25, 0.3) is 5.91 Å². The van der Waals surface area contributed by atoms with Crippen molar-refractivity contribution >= 4 is 12.0 Å². The van der Waals surface area contributed by atoms with Gasteiger partial charge in [0.05, 0.1) is 5.56 Å². The number of furan rings is 1.